The highest BCUT2D eigenvalue weighted by Crippen LogP contribution is 2.28. The highest BCUT2D eigenvalue weighted by atomic mass is 32.2. The zero-order valence-electron chi connectivity index (χ0n) is 9.64. The van der Waals surface area contributed by atoms with Gasteiger partial charge in [-0.05, 0) is 28.6 Å². The molecule has 9 heteroatoms. The first-order chi connectivity index (χ1) is 9.13. The number of aromatic nitrogens is 5. The second kappa shape index (κ2) is 4.35. The number of tetrazole rings is 1. The zero-order valence-corrected chi connectivity index (χ0v) is 10.5. The average molecular weight is 277 g/mol. The predicted octanol–water partition coefficient (Wildman–Crippen LogP) is 1.20. The fourth-order valence-corrected chi connectivity index (χ4v) is 2.14. The molecular formula is C10H7N5O3S. The van der Waals surface area contributed by atoms with Crippen molar-refractivity contribution in [3.05, 3.63) is 23.8 Å². The molecule has 0 unspecified atom stereocenters. The molecule has 0 spiro atoms. The van der Waals surface area contributed by atoms with Crippen LogP contribution in [0.3, 0.4) is 0 Å². The molecule has 1 N–H and O–H groups in total. The summed E-state index contributed by atoms with van der Waals surface area (Å²) in [4.78, 5) is 15.1. The fraction of sp³-hybridized carbons (Fsp3) is 0.100. The number of benzene rings is 1. The van der Waals surface area contributed by atoms with Gasteiger partial charge in [0.25, 0.3) is 5.22 Å². The van der Waals surface area contributed by atoms with E-state index in [-0.39, 0.29) is 5.56 Å². The maximum atomic E-state index is 10.9. The van der Waals surface area contributed by atoms with Crippen molar-refractivity contribution in [2.24, 2.45) is 7.05 Å². The third kappa shape index (κ3) is 2.15. The van der Waals surface area contributed by atoms with Crippen molar-refractivity contribution >= 4 is 28.8 Å². The second-order valence-electron chi connectivity index (χ2n) is 3.65. The van der Waals surface area contributed by atoms with Crippen molar-refractivity contribution < 1.29 is 14.3 Å². The number of fused-ring (bicyclic) bond motifs is 1. The van der Waals surface area contributed by atoms with Gasteiger partial charge in [-0.25, -0.2) is 14.5 Å². The highest BCUT2D eigenvalue weighted by molar-refractivity contribution is 7.99. The first-order valence-corrected chi connectivity index (χ1v) is 5.99. The van der Waals surface area contributed by atoms with Crippen LogP contribution in [0, 0.1) is 0 Å². The molecule has 0 aliphatic carbocycles. The molecule has 2 heterocycles. The van der Waals surface area contributed by atoms with Crippen LogP contribution >= 0.6 is 11.8 Å². The lowest BCUT2D eigenvalue weighted by molar-refractivity contribution is 0.0697. The molecule has 0 radical (unpaired) electrons. The van der Waals surface area contributed by atoms with Crippen molar-refractivity contribution in [2.75, 3.05) is 0 Å². The largest absolute Gasteiger partial charge is 0.478 e. The molecule has 19 heavy (non-hydrogen) atoms. The van der Waals surface area contributed by atoms with E-state index in [0.29, 0.717) is 21.5 Å². The van der Waals surface area contributed by atoms with Crippen LogP contribution < -0.4 is 0 Å². The topological polar surface area (TPSA) is 107 Å². The number of hydrogen-bond donors (Lipinski definition) is 1. The molecule has 0 aliphatic rings. The van der Waals surface area contributed by atoms with Gasteiger partial charge in [0, 0.05) is 18.8 Å². The number of aryl methyl sites for hydroxylation is 1. The Morgan fingerprint density at radius 1 is 1.47 bits per heavy atom. The summed E-state index contributed by atoms with van der Waals surface area (Å²) in [5.41, 5.74) is 1.15. The Bertz CT molecular complexity index is 765. The smallest absolute Gasteiger partial charge is 0.335 e. The number of aromatic carboxylic acids is 1. The maximum Gasteiger partial charge on any atom is 0.335 e. The molecule has 0 amide bonds. The molecule has 2 aromatic heterocycles. The minimum absolute atomic E-state index is 0.153. The van der Waals surface area contributed by atoms with Crippen LogP contribution in [0.25, 0.3) is 11.1 Å². The molecule has 0 saturated carbocycles. The van der Waals surface area contributed by atoms with Gasteiger partial charge in [-0.2, -0.15) is 0 Å². The monoisotopic (exact) mass is 277 g/mol. The number of rotatable bonds is 3. The van der Waals surface area contributed by atoms with Crippen molar-refractivity contribution in [2.45, 2.75) is 10.4 Å². The fourth-order valence-electron chi connectivity index (χ4n) is 1.47. The number of nitrogens with zero attached hydrogens (tertiary/aromatic N) is 5. The van der Waals surface area contributed by atoms with Crippen molar-refractivity contribution in [1.29, 1.82) is 0 Å². The van der Waals surface area contributed by atoms with Crippen LogP contribution in [0.1, 0.15) is 10.4 Å². The lowest BCUT2D eigenvalue weighted by atomic mass is 10.2. The molecule has 3 aromatic rings. The second-order valence-corrected chi connectivity index (χ2v) is 4.57. The summed E-state index contributed by atoms with van der Waals surface area (Å²) in [5.74, 6) is -1.01. The Balaban J connectivity index is 1.97. The normalized spacial score (nSPS) is 11.0. The van der Waals surface area contributed by atoms with E-state index in [1.807, 2.05) is 0 Å². The number of hydrogen-bond acceptors (Lipinski definition) is 7. The van der Waals surface area contributed by atoms with E-state index in [4.69, 9.17) is 9.52 Å². The van der Waals surface area contributed by atoms with Gasteiger partial charge in [0.1, 0.15) is 5.52 Å². The third-order valence-electron chi connectivity index (χ3n) is 2.38. The summed E-state index contributed by atoms with van der Waals surface area (Å²) in [6.07, 6.45) is 0. The summed E-state index contributed by atoms with van der Waals surface area (Å²) >= 11 is 1.16. The third-order valence-corrected chi connectivity index (χ3v) is 3.25. The standard InChI is InChI=1S/C10H7N5O3S/c1-15-9(12-13-14-15)19-10-11-6-3-2-5(8(16)17)4-7(6)18-10/h2-4H,1H3,(H,16,17). The van der Waals surface area contributed by atoms with E-state index in [0.717, 1.165) is 11.8 Å². The van der Waals surface area contributed by atoms with E-state index in [1.165, 1.54) is 16.8 Å². The lowest BCUT2D eigenvalue weighted by Gasteiger charge is -1.92. The summed E-state index contributed by atoms with van der Waals surface area (Å²) in [7, 11) is 1.70. The number of carbonyl (C=O) groups is 1. The van der Waals surface area contributed by atoms with Gasteiger partial charge in [-0.1, -0.05) is 0 Å². The molecule has 8 nitrogen and oxygen atoms in total. The van der Waals surface area contributed by atoms with Gasteiger partial charge in [0.2, 0.25) is 5.16 Å². The Labute approximate surface area is 110 Å². The minimum atomic E-state index is -1.01. The summed E-state index contributed by atoms with van der Waals surface area (Å²) in [6.45, 7) is 0. The SMILES string of the molecule is Cn1nnnc1Sc1nc2ccc(C(=O)O)cc2o1. The Morgan fingerprint density at radius 3 is 3.00 bits per heavy atom. The number of oxazole rings is 1. The molecule has 0 aliphatic heterocycles. The van der Waals surface area contributed by atoms with Crippen molar-refractivity contribution in [1.82, 2.24) is 25.2 Å². The van der Waals surface area contributed by atoms with E-state index in [9.17, 15) is 4.79 Å². The van der Waals surface area contributed by atoms with E-state index < -0.39 is 5.97 Å². The van der Waals surface area contributed by atoms with Crippen LogP contribution in [0.4, 0.5) is 0 Å². The van der Waals surface area contributed by atoms with E-state index >= 15 is 0 Å². The molecule has 3 rings (SSSR count). The van der Waals surface area contributed by atoms with Gasteiger partial charge in [-0.15, -0.1) is 5.10 Å². The summed E-state index contributed by atoms with van der Waals surface area (Å²) < 4.78 is 6.96. The minimum Gasteiger partial charge on any atom is -0.478 e. The van der Waals surface area contributed by atoms with Crippen LogP contribution in [0.2, 0.25) is 0 Å². The van der Waals surface area contributed by atoms with E-state index in [2.05, 4.69) is 20.5 Å². The molecule has 1 aromatic carbocycles. The molecular weight excluding hydrogens is 270 g/mol. The number of carboxylic acids is 1. The Morgan fingerprint density at radius 2 is 2.32 bits per heavy atom. The van der Waals surface area contributed by atoms with Crippen LogP contribution in [0.5, 0.6) is 0 Å². The molecule has 0 bridgehead atoms. The van der Waals surface area contributed by atoms with Gasteiger partial charge in [0.05, 0.1) is 5.56 Å². The van der Waals surface area contributed by atoms with Gasteiger partial charge >= 0.3 is 5.97 Å². The number of carboxylic acid groups (broad SMARTS) is 1. The molecule has 0 atom stereocenters. The van der Waals surface area contributed by atoms with Crippen molar-refractivity contribution in [3.8, 4) is 0 Å². The summed E-state index contributed by atoms with van der Waals surface area (Å²) in [5, 5.41) is 20.8. The first-order valence-electron chi connectivity index (χ1n) is 5.17. The molecule has 0 fully saturated rings. The summed E-state index contributed by atoms with van der Waals surface area (Å²) in [6, 6.07) is 4.51. The average Bonchev–Trinajstić information content (AvgIpc) is 2.95. The Kier molecular flexibility index (Phi) is 2.67. The van der Waals surface area contributed by atoms with Crippen LogP contribution in [0.15, 0.2) is 33.0 Å². The van der Waals surface area contributed by atoms with Crippen LogP contribution in [-0.4, -0.2) is 36.3 Å². The molecule has 0 saturated heterocycles. The Hall–Kier alpha value is -2.42. The predicted molar refractivity (Wildman–Crippen MR) is 63.9 cm³/mol. The lowest BCUT2D eigenvalue weighted by Crippen LogP contribution is -1.94. The zero-order chi connectivity index (χ0) is 13.4. The highest BCUT2D eigenvalue weighted by Gasteiger charge is 2.13. The van der Waals surface area contributed by atoms with Gasteiger partial charge < -0.3 is 9.52 Å². The maximum absolute atomic E-state index is 10.9. The van der Waals surface area contributed by atoms with Crippen LogP contribution in [-0.2, 0) is 7.05 Å². The van der Waals surface area contributed by atoms with Gasteiger partial charge in [-0.3, -0.25) is 0 Å². The molecule has 96 valence electrons. The first kappa shape index (κ1) is 11.7. The quantitative estimate of drug-likeness (QED) is 0.761. The van der Waals surface area contributed by atoms with E-state index in [1.54, 1.807) is 13.1 Å². The van der Waals surface area contributed by atoms with Gasteiger partial charge in [0.15, 0.2) is 5.58 Å². The van der Waals surface area contributed by atoms with Crippen molar-refractivity contribution in [3.63, 3.8) is 0 Å².